The van der Waals surface area contributed by atoms with E-state index in [0.717, 1.165) is 6.26 Å². The zero-order valence-electron chi connectivity index (χ0n) is 9.69. The summed E-state index contributed by atoms with van der Waals surface area (Å²) in [6.45, 7) is 1.52. The molecule has 0 atom stereocenters. The highest BCUT2D eigenvalue weighted by Gasteiger charge is 2.45. The van der Waals surface area contributed by atoms with Crippen LogP contribution in [0.5, 0.6) is 5.75 Å². The predicted octanol–water partition coefficient (Wildman–Crippen LogP) is 0.687. The van der Waals surface area contributed by atoms with Crippen LogP contribution in [0.15, 0.2) is 27.6 Å². The predicted molar refractivity (Wildman–Crippen MR) is 66.8 cm³/mol. The lowest BCUT2D eigenvalue weighted by molar-refractivity contribution is 0.102. The van der Waals surface area contributed by atoms with Gasteiger partial charge < -0.3 is 9.52 Å². The molecule has 0 amide bonds. The Kier molecular flexibility index (Phi) is 3.15. The first kappa shape index (κ1) is 13.6. The quantitative estimate of drug-likeness (QED) is 0.597. The van der Waals surface area contributed by atoms with E-state index < -0.39 is 24.5 Å². The highest BCUT2D eigenvalue weighted by Crippen LogP contribution is 2.47. The fourth-order valence-electron chi connectivity index (χ4n) is 1.64. The van der Waals surface area contributed by atoms with Gasteiger partial charge in [0.15, 0.2) is 5.56 Å². The van der Waals surface area contributed by atoms with E-state index in [2.05, 4.69) is 0 Å². The molecule has 0 aliphatic carbocycles. The lowest BCUT2D eigenvalue weighted by Crippen LogP contribution is -2.17. The first-order valence-corrected chi connectivity index (χ1v) is 6.74. The van der Waals surface area contributed by atoms with E-state index in [1.54, 1.807) is 0 Å². The van der Waals surface area contributed by atoms with Gasteiger partial charge in [-0.2, -0.15) is 14.7 Å². The van der Waals surface area contributed by atoms with Gasteiger partial charge in [-0.3, -0.25) is 4.79 Å². The summed E-state index contributed by atoms with van der Waals surface area (Å²) in [6.07, 6.45) is 0.733. The normalized spacial score (nSPS) is 11.8. The Labute approximate surface area is 106 Å². The molecule has 8 heteroatoms. The van der Waals surface area contributed by atoms with E-state index in [1.807, 2.05) is 0 Å². The van der Waals surface area contributed by atoms with Crippen LogP contribution in [0, 0.1) is 6.92 Å². The SMILES string of the molecule is Cc1c(O)ccc2c(=O)c(C(=O)[P+](O)(O)O)coc12. The van der Waals surface area contributed by atoms with Gasteiger partial charge in [0, 0.05) is 5.56 Å². The van der Waals surface area contributed by atoms with Crippen LogP contribution in [0.2, 0.25) is 0 Å². The summed E-state index contributed by atoms with van der Waals surface area (Å²) >= 11 is 0. The van der Waals surface area contributed by atoms with Crippen LogP contribution in [0.4, 0.5) is 0 Å². The summed E-state index contributed by atoms with van der Waals surface area (Å²) in [6, 6.07) is 2.49. The molecule has 0 unspecified atom stereocenters. The molecule has 0 aliphatic rings. The third-order valence-electron chi connectivity index (χ3n) is 2.66. The van der Waals surface area contributed by atoms with Gasteiger partial charge in [-0.25, -0.2) is 4.79 Å². The molecule has 0 fully saturated rings. The summed E-state index contributed by atoms with van der Waals surface area (Å²) < 4.78 is 5.06. The number of aryl methyl sites for hydroxylation is 1. The van der Waals surface area contributed by atoms with Gasteiger partial charge in [-0.1, -0.05) is 0 Å². The molecule has 2 aromatic rings. The van der Waals surface area contributed by atoms with Crippen molar-refractivity contribution in [2.75, 3.05) is 0 Å². The summed E-state index contributed by atoms with van der Waals surface area (Å²) in [7, 11) is -4.80. The van der Waals surface area contributed by atoms with Crippen LogP contribution < -0.4 is 5.43 Å². The number of carbonyl (C=O) groups is 1. The molecule has 0 saturated heterocycles. The number of benzene rings is 1. The van der Waals surface area contributed by atoms with Gasteiger partial charge in [-0.15, -0.1) is 0 Å². The standard InChI is InChI=1S/C11H9O7P/c1-5-8(12)3-2-6-9(13)7(4-18-10(5)6)11(14)19(15,16)17/h2-4,15-17H,1H3/p+1. The molecule has 0 radical (unpaired) electrons. The molecule has 4 N–H and O–H groups in total. The van der Waals surface area contributed by atoms with E-state index >= 15 is 0 Å². The molecule has 0 spiro atoms. The molecule has 7 nitrogen and oxygen atoms in total. The number of rotatable bonds is 2. The fraction of sp³-hybridized carbons (Fsp3) is 0.0909. The average molecular weight is 285 g/mol. The summed E-state index contributed by atoms with van der Waals surface area (Å²) in [4.78, 5) is 50.1. The third-order valence-corrected chi connectivity index (χ3v) is 3.45. The molecule has 0 saturated carbocycles. The Balaban J connectivity index is 2.77. The molecular weight excluding hydrogens is 275 g/mol. The fourth-order valence-corrected chi connectivity index (χ4v) is 2.11. The Morgan fingerprint density at radius 3 is 2.47 bits per heavy atom. The van der Waals surface area contributed by atoms with Crippen molar-refractivity contribution < 1.29 is 29.0 Å². The van der Waals surface area contributed by atoms with Crippen molar-refractivity contribution in [3.8, 4) is 5.75 Å². The third kappa shape index (κ3) is 2.24. The lowest BCUT2D eigenvalue weighted by Gasteiger charge is -2.05. The molecule has 1 aromatic carbocycles. The van der Waals surface area contributed by atoms with Crippen molar-refractivity contribution in [3.05, 3.63) is 39.7 Å². The highest BCUT2D eigenvalue weighted by atomic mass is 31.2. The van der Waals surface area contributed by atoms with Crippen LogP contribution in [0.25, 0.3) is 11.0 Å². The number of phenols is 1. The first-order valence-electron chi connectivity index (χ1n) is 5.09. The van der Waals surface area contributed by atoms with Gasteiger partial charge in [0.1, 0.15) is 17.6 Å². The maximum atomic E-state index is 12.0. The Hall–Kier alpha value is -1.79. The molecule has 19 heavy (non-hydrogen) atoms. The number of hydrogen-bond acceptors (Lipinski definition) is 7. The number of phenolic OH excluding ortho intramolecular Hbond substituents is 1. The number of fused-ring (bicyclic) bond motifs is 1. The second-order valence-corrected chi connectivity index (χ2v) is 5.48. The second kappa shape index (κ2) is 4.40. The molecular formula is C11H10O7P+. The number of hydrogen-bond donors (Lipinski definition) is 4. The average Bonchev–Trinajstić information content (AvgIpc) is 2.32. The van der Waals surface area contributed by atoms with E-state index in [-0.39, 0.29) is 16.7 Å². The summed E-state index contributed by atoms with van der Waals surface area (Å²) in [5.41, 5.74) is -2.55. The lowest BCUT2D eigenvalue weighted by atomic mass is 10.1. The minimum Gasteiger partial charge on any atom is -0.508 e. The van der Waals surface area contributed by atoms with Crippen LogP contribution in [0.3, 0.4) is 0 Å². The van der Waals surface area contributed by atoms with Crippen LogP contribution in [0.1, 0.15) is 15.9 Å². The van der Waals surface area contributed by atoms with Gasteiger partial charge in [0.05, 0.1) is 5.39 Å². The molecule has 1 aromatic heterocycles. The Bertz CT molecular complexity index is 726. The zero-order chi connectivity index (χ0) is 14.4. The van der Waals surface area contributed by atoms with Gasteiger partial charge in [-0.05, 0) is 19.1 Å². The summed E-state index contributed by atoms with van der Waals surface area (Å²) in [5.74, 6) is -0.0805. The van der Waals surface area contributed by atoms with Gasteiger partial charge in [0.2, 0.25) is 5.43 Å². The molecule has 0 bridgehead atoms. The highest BCUT2D eigenvalue weighted by molar-refractivity contribution is 7.76. The minimum atomic E-state index is -4.80. The Morgan fingerprint density at radius 2 is 1.89 bits per heavy atom. The van der Waals surface area contributed by atoms with E-state index in [0.29, 0.717) is 5.56 Å². The Morgan fingerprint density at radius 1 is 1.26 bits per heavy atom. The van der Waals surface area contributed by atoms with Crippen LogP contribution in [-0.4, -0.2) is 25.3 Å². The maximum Gasteiger partial charge on any atom is 0.484 e. The van der Waals surface area contributed by atoms with Crippen LogP contribution >= 0.6 is 7.94 Å². The summed E-state index contributed by atoms with van der Waals surface area (Å²) in [5, 5.41) is 9.47. The van der Waals surface area contributed by atoms with E-state index in [9.17, 15) is 14.7 Å². The zero-order valence-corrected chi connectivity index (χ0v) is 10.6. The van der Waals surface area contributed by atoms with Crippen molar-refractivity contribution in [1.29, 1.82) is 0 Å². The van der Waals surface area contributed by atoms with Crippen molar-refractivity contribution >= 4 is 24.4 Å². The van der Waals surface area contributed by atoms with Crippen molar-refractivity contribution in [3.63, 3.8) is 0 Å². The second-order valence-electron chi connectivity index (χ2n) is 3.94. The molecule has 1 heterocycles. The first-order chi connectivity index (χ1) is 8.73. The smallest absolute Gasteiger partial charge is 0.484 e. The van der Waals surface area contributed by atoms with Crippen molar-refractivity contribution in [2.45, 2.75) is 6.92 Å². The minimum absolute atomic E-state index is 0.00500. The maximum absolute atomic E-state index is 12.0. The monoisotopic (exact) mass is 285 g/mol. The van der Waals surface area contributed by atoms with E-state index in [1.165, 1.54) is 19.1 Å². The molecule has 2 rings (SSSR count). The number of carbonyl (C=O) groups excluding carboxylic acids is 1. The molecule has 100 valence electrons. The number of aromatic hydroxyl groups is 1. The molecule has 0 aliphatic heterocycles. The van der Waals surface area contributed by atoms with Gasteiger partial charge in [0.25, 0.3) is 0 Å². The topological polar surface area (TPSA) is 128 Å². The largest absolute Gasteiger partial charge is 0.508 e. The van der Waals surface area contributed by atoms with Crippen molar-refractivity contribution in [2.24, 2.45) is 0 Å². The van der Waals surface area contributed by atoms with Crippen molar-refractivity contribution in [1.82, 2.24) is 0 Å². The van der Waals surface area contributed by atoms with Gasteiger partial charge >= 0.3 is 13.5 Å². The van der Waals surface area contributed by atoms with Crippen LogP contribution in [-0.2, 0) is 0 Å². The van der Waals surface area contributed by atoms with E-state index in [4.69, 9.17) is 19.1 Å².